The molecule has 1 N–H and O–H groups in total. The number of aromatic nitrogens is 2. The van der Waals surface area contributed by atoms with Crippen molar-refractivity contribution in [2.75, 3.05) is 0 Å². The van der Waals surface area contributed by atoms with Crippen molar-refractivity contribution in [2.45, 2.75) is 53.6 Å². The van der Waals surface area contributed by atoms with Crippen LogP contribution in [0.3, 0.4) is 0 Å². The maximum absolute atomic E-state index is 12.4. The lowest BCUT2D eigenvalue weighted by Gasteiger charge is -2.29. The largest absolute Gasteiger partial charge is 0.351 e. The molecule has 5 nitrogen and oxygen atoms in total. The Balaban J connectivity index is 2.80. The zero-order valence-electron chi connectivity index (χ0n) is 14.2. The molecule has 0 spiro atoms. The first-order valence-electron chi connectivity index (χ1n) is 7.43. The van der Waals surface area contributed by atoms with E-state index in [1.165, 1.54) is 0 Å². The Kier molecular flexibility index (Phi) is 5.70. The maximum atomic E-state index is 12.4. The summed E-state index contributed by atoms with van der Waals surface area (Å²) in [5.74, 6) is 0.851. The molecule has 0 aromatic carbocycles. The number of rotatable bonds is 5. The summed E-state index contributed by atoms with van der Waals surface area (Å²) in [6, 6.07) is -0.305. The number of aryl methyl sites for hydroxylation is 1. The normalized spacial score (nSPS) is 15.4. The van der Waals surface area contributed by atoms with Crippen LogP contribution in [0.2, 0.25) is 0 Å². The van der Waals surface area contributed by atoms with Gasteiger partial charge < -0.3 is 9.88 Å². The minimum atomic E-state index is -0.397. The van der Waals surface area contributed by atoms with Crippen LogP contribution in [0.1, 0.15) is 47.4 Å². The Morgan fingerprint density at radius 3 is 2.43 bits per heavy atom. The summed E-state index contributed by atoms with van der Waals surface area (Å²) in [6.45, 7) is 12.4. The highest BCUT2D eigenvalue weighted by atomic mass is 16.2. The third kappa shape index (κ3) is 4.99. The van der Waals surface area contributed by atoms with Crippen LogP contribution in [0.5, 0.6) is 0 Å². The van der Waals surface area contributed by atoms with Crippen LogP contribution in [0.15, 0.2) is 17.4 Å². The number of aliphatic imine (C=N–C) groups is 1. The molecular weight excluding hydrogens is 264 g/mol. The zero-order valence-corrected chi connectivity index (χ0v) is 14.2. The summed E-state index contributed by atoms with van der Waals surface area (Å²) in [6.07, 6.45) is 5.24. The molecule has 1 amide bonds. The van der Waals surface area contributed by atoms with Crippen LogP contribution >= 0.6 is 0 Å². The number of carbonyl (C=O) groups is 1. The first-order valence-corrected chi connectivity index (χ1v) is 7.43. The van der Waals surface area contributed by atoms with Crippen LogP contribution in [0, 0.1) is 11.3 Å². The lowest BCUT2D eigenvalue weighted by atomic mass is 9.87. The Morgan fingerprint density at radius 2 is 2.00 bits per heavy atom. The van der Waals surface area contributed by atoms with Gasteiger partial charge in [0.1, 0.15) is 11.9 Å². The molecule has 1 aromatic rings. The molecule has 0 aliphatic rings. The minimum Gasteiger partial charge on any atom is -0.351 e. The first kappa shape index (κ1) is 17.4. The van der Waals surface area contributed by atoms with Gasteiger partial charge in [-0.3, -0.25) is 9.79 Å². The van der Waals surface area contributed by atoms with Crippen molar-refractivity contribution in [1.29, 1.82) is 0 Å². The third-order valence-electron chi connectivity index (χ3n) is 3.77. The fourth-order valence-corrected chi connectivity index (χ4v) is 1.71. The van der Waals surface area contributed by atoms with Gasteiger partial charge in [-0.1, -0.05) is 34.6 Å². The summed E-state index contributed by atoms with van der Waals surface area (Å²) < 4.78 is 1.87. The number of nitrogens with one attached hydrogen (secondary N) is 1. The summed E-state index contributed by atoms with van der Waals surface area (Å²) in [4.78, 5) is 21.1. The maximum Gasteiger partial charge on any atom is 0.245 e. The quantitative estimate of drug-likeness (QED) is 0.847. The molecule has 0 bridgehead atoms. The fraction of sp³-hybridized carbons (Fsp3) is 0.688. The van der Waals surface area contributed by atoms with E-state index in [1.54, 1.807) is 12.4 Å². The molecule has 0 aliphatic heterocycles. The summed E-state index contributed by atoms with van der Waals surface area (Å²) >= 11 is 0. The van der Waals surface area contributed by atoms with Crippen LogP contribution in [0.25, 0.3) is 0 Å². The molecule has 1 rings (SSSR count). The van der Waals surface area contributed by atoms with E-state index in [9.17, 15) is 4.79 Å². The van der Waals surface area contributed by atoms with E-state index >= 15 is 0 Å². The summed E-state index contributed by atoms with van der Waals surface area (Å²) in [5.41, 5.74) is 0.0284. The van der Waals surface area contributed by atoms with Gasteiger partial charge in [-0.05, 0) is 18.3 Å². The van der Waals surface area contributed by atoms with Gasteiger partial charge in [0, 0.05) is 25.5 Å². The Bertz CT molecular complexity index is 497. The number of nitrogens with zero attached hydrogens (tertiary/aromatic N) is 3. The van der Waals surface area contributed by atoms with E-state index in [2.05, 4.69) is 36.1 Å². The predicted octanol–water partition coefficient (Wildman–Crippen LogP) is 2.41. The van der Waals surface area contributed by atoms with Crippen LogP contribution in [-0.4, -0.2) is 33.8 Å². The van der Waals surface area contributed by atoms with Gasteiger partial charge in [-0.2, -0.15) is 0 Å². The molecule has 2 atom stereocenters. The number of hydrogen-bond acceptors (Lipinski definition) is 3. The number of amides is 1. The molecule has 0 radical (unpaired) electrons. The molecule has 0 fully saturated rings. The van der Waals surface area contributed by atoms with E-state index in [-0.39, 0.29) is 23.3 Å². The van der Waals surface area contributed by atoms with Crippen LogP contribution in [-0.2, 0) is 11.8 Å². The zero-order chi connectivity index (χ0) is 16.2. The Morgan fingerprint density at radius 1 is 1.38 bits per heavy atom. The Hall–Kier alpha value is -1.65. The molecule has 0 saturated carbocycles. The van der Waals surface area contributed by atoms with E-state index < -0.39 is 6.04 Å². The number of hydrogen-bond donors (Lipinski definition) is 1. The van der Waals surface area contributed by atoms with Crippen molar-refractivity contribution in [3.63, 3.8) is 0 Å². The molecule has 0 saturated heterocycles. The van der Waals surface area contributed by atoms with Gasteiger partial charge in [0.05, 0.1) is 6.21 Å². The Labute approximate surface area is 127 Å². The molecule has 1 unspecified atom stereocenters. The highest BCUT2D eigenvalue weighted by Crippen LogP contribution is 2.19. The lowest BCUT2D eigenvalue weighted by molar-refractivity contribution is -0.124. The summed E-state index contributed by atoms with van der Waals surface area (Å²) in [7, 11) is 1.90. The van der Waals surface area contributed by atoms with Crippen molar-refractivity contribution < 1.29 is 4.79 Å². The highest BCUT2D eigenvalue weighted by Gasteiger charge is 2.27. The molecule has 118 valence electrons. The van der Waals surface area contributed by atoms with Crippen molar-refractivity contribution in [1.82, 2.24) is 14.9 Å². The summed E-state index contributed by atoms with van der Waals surface area (Å²) in [5, 5.41) is 3.07. The van der Waals surface area contributed by atoms with E-state index in [4.69, 9.17) is 0 Å². The fourth-order valence-electron chi connectivity index (χ4n) is 1.71. The topological polar surface area (TPSA) is 59.3 Å². The van der Waals surface area contributed by atoms with E-state index in [0.29, 0.717) is 0 Å². The minimum absolute atomic E-state index is 0.0284. The van der Waals surface area contributed by atoms with E-state index in [0.717, 1.165) is 5.82 Å². The molecule has 1 heterocycles. The van der Waals surface area contributed by atoms with Gasteiger partial charge in [-0.25, -0.2) is 4.98 Å². The molecule has 5 heteroatoms. The van der Waals surface area contributed by atoms with Gasteiger partial charge in [0.2, 0.25) is 5.91 Å². The molecule has 0 aliphatic carbocycles. The van der Waals surface area contributed by atoms with E-state index in [1.807, 2.05) is 38.6 Å². The van der Waals surface area contributed by atoms with Crippen molar-refractivity contribution in [3.05, 3.63) is 18.2 Å². The lowest BCUT2D eigenvalue weighted by Crippen LogP contribution is -2.46. The van der Waals surface area contributed by atoms with Gasteiger partial charge in [-0.15, -0.1) is 0 Å². The standard InChI is InChI=1S/C16H28N4O/c1-11(2)14(15(21)19-12(3)16(4,5)6)18-10-13-17-8-9-20(13)7/h8-12,14H,1-7H3,(H,19,21)/t12-,14?/m1/s1. The van der Waals surface area contributed by atoms with Crippen molar-refractivity contribution in [3.8, 4) is 0 Å². The van der Waals surface area contributed by atoms with Crippen LogP contribution < -0.4 is 5.32 Å². The first-order chi connectivity index (χ1) is 9.62. The second-order valence-electron chi connectivity index (χ2n) is 6.96. The van der Waals surface area contributed by atoms with Crippen molar-refractivity contribution >= 4 is 12.1 Å². The smallest absolute Gasteiger partial charge is 0.245 e. The third-order valence-corrected chi connectivity index (χ3v) is 3.77. The average molecular weight is 292 g/mol. The van der Waals surface area contributed by atoms with Gasteiger partial charge in [0.25, 0.3) is 0 Å². The second-order valence-corrected chi connectivity index (χ2v) is 6.96. The molecular formula is C16H28N4O. The van der Waals surface area contributed by atoms with Gasteiger partial charge >= 0.3 is 0 Å². The highest BCUT2D eigenvalue weighted by molar-refractivity contribution is 5.85. The van der Waals surface area contributed by atoms with Gasteiger partial charge in [0.15, 0.2) is 0 Å². The number of carbonyl (C=O) groups excluding carboxylic acids is 1. The monoisotopic (exact) mass is 292 g/mol. The predicted molar refractivity (Wildman–Crippen MR) is 86.5 cm³/mol. The second kappa shape index (κ2) is 6.87. The average Bonchev–Trinajstić information content (AvgIpc) is 2.73. The number of imidazole rings is 1. The molecule has 1 aromatic heterocycles. The SMILES string of the molecule is CC(C)C(N=Cc1nccn1C)C(=O)N[C@H](C)C(C)(C)C. The molecule has 21 heavy (non-hydrogen) atoms. The van der Waals surface area contributed by atoms with Crippen molar-refractivity contribution in [2.24, 2.45) is 23.4 Å². The van der Waals surface area contributed by atoms with Crippen LogP contribution in [0.4, 0.5) is 0 Å².